The van der Waals surface area contributed by atoms with Crippen LogP contribution in [-0.4, -0.2) is 124 Å². The monoisotopic (exact) mass is 415 g/mol. The molecule has 27 heavy (non-hydrogen) atoms. The SMILES string of the molecule is CN(C)CCOCCOCCOCCOCCOCCOCCOCCCl. The van der Waals surface area contributed by atoms with E-state index in [9.17, 15) is 0 Å². The third-order valence-electron chi connectivity index (χ3n) is 3.14. The topological polar surface area (TPSA) is 67.9 Å². The molecule has 0 radical (unpaired) electrons. The van der Waals surface area contributed by atoms with Crippen molar-refractivity contribution in [3.05, 3.63) is 0 Å². The Kier molecular flexibility index (Phi) is 24.0. The van der Waals surface area contributed by atoms with Gasteiger partial charge in [-0.25, -0.2) is 0 Å². The smallest absolute Gasteiger partial charge is 0.0701 e. The number of hydrogen-bond donors (Lipinski definition) is 0. The summed E-state index contributed by atoms with van der Waals surface area (Å²) in [7, 11) is 4.04. The molecule has 0 N–H and O–H groups in total. The van der Waals surface area contributed by atoms with Crippen LogP contribution in [0, 0.1) is 0 Å². The van der Waals surface area contributed by atoms with E-state index in [2.05, 4.69) is 4.90 Å². The standard InChI is InChI=1S/C18H38ClNO7/c1-20(2)4-6-22-8-10-24-12-14-26-16-18-27-17-15-25-13-11-23-9-7-21-5-3-19/h3-18H2,1-2H3. The van der Waals surface area contributed by atoms with Crippen LogP contribution >= 0.6 is 11.6 Å². The Labute approximate surface area is 169 Å². The molecule has 0 fully saturated rings. The summed E-state index contributed by atoms with van der Waals surface area (Å²) in [6.45, 7) is 8.94. The van der Waals surface area contributed by atoms with Crippen molar-refractivity contribution in [3.8, 4) is 0 Å². The van der Waals surface area contributed by atoms with Crippen LogP contribution in [0.3, 0.4) is 0 Å². The van der Waals surface area contributed by atoms with E-state index in [4.69, 9.17) is 44.8 Å². The lowest BCUT2D eigenvalue weighted by atomic mass is 10.6. The third kappa shape index (κ3) is 26.0. The Hall–Kier alpha value is -0.0300. The Morgan fingerprint density at radius 2 is 0.704 bits per heavy atom. The van der Waals surface area contributed by atoms with Gasteiger partial charge in [0.05, 0.1) is 92.5 Å². The molecule has 0 aromatic carbocycles. The van der Waals surface area contributed by atoms with Crippen LogP contribution < -0.4 is 0 Å². The van der Waals surface area contributed by atoms with Gasteiger partial charge in [0.15, 0.2) is 0 Å². The zero-order valence-corrected chi connectivity index (χ0v) is 17.8. The molecule has 0 aliphatic carbocycles. The minimum atomic E-state index is 0.509. The maximum Gasteiger partial charge on any atom is 0.0701 e. The average molecular weight is 416 g/mol. The lowest BCUT2D eigenvalue weighted by Gasteiger charge is -2.10. The quantitative estimate of drug-likeness (QED) is 0.180. The van der Waals surface area contributed by atoms with Crippen molar-refractivity contribution in [1.29, 1.82) is 0 Å². The predicted molar refractivity (Wildman–Crippen MR) is 105 cm³/mol. The number of ether oxygens (including phenoxy) is 7. The van der Waals surface area contributed by atoms with Gasteiger partial charge in [-0.3, -0.25) is 0 Å². The highest BCUT2D eigenvalue weighted by atomic mass is 35.5. The van der Waals surface area contributed by atoms with Crippen molar-refractivity contribution in [3.63, 3.8) is 0 Å². The maximum atomic E-state index is 5.48. The normalized spacial score (nSPS) is 11.6. The van der Waals surface area contributed by atoms with Crippen LogP contribution in [0.4, 0.5) is 0 Å². The molecular formula is C18H38ClNO7. The summed E-state index contributed by atoms with van der Waals surface area (Å²) < 4.78 is 37.6. The van der Waals surface area contributed by atoms with E-state index in [0.29, 0.717) is 91.8 Å². The van der Waals surface area contributed by atoms with Gasteiger partial charge in [0, 0.05) is 12.4 Å². The van der Waals surface area contributed by atoms with Gasteiger partial charge in [0.1, 0.15) is 0 Å². The van der Waals surface area contributed by atoms with Crippen LogP contribution in [0.15, 0.2) is 0 Å². The fraction of sp³-hybridized carbons (Fsp3) is 1.00. The lowest BCUT2D eigenvalue weighted by Crippen LogP contribution is -2.19. The maximum absolute atomic E-state index is 5.48. The van der Waals surface area contributed by atoms with Crippen molar-refractivity contribution in [2.75, 3.05) is 119 Å². The molecular weight excluding hydrogens is 378 g/mol. The molecule has 0 bridgehead atoms. The highest BCUT2D eigenvalue weighted by Crippen LogP contribution is 1.86. The van der Waals surface area contributed by atoms with Gasteiger partial charge < -0.3 is 38.1 Å². The van der Waals surface area contributed by atoms with Crippen molar-refractivity contribution in [2.45, 2.75) is 0 Å². The van der Waals surface area contributed by atoms with Crippen molar-refractivity contribution < 1.29 is 33.2 Å². The summed E-state index contributed by atoms with van der Waals surface area (Å²) >= 11 is 5.48. The fourth-order valence-electron chi connectivity index (χ4n) is 1.72. The summed E-state index contributed by atoms with van der Waals surface area (Å²) in [5.41, 5.74) is 0. The molecule has 0 saturated carbocycles. The van der Waals surface area contributed by atoms with Gasteiger partial charge in [-0.15, -0.1) is 11.6 Å². The summed E-state index contributed by atoms with van der Waals surface area (Å²) in [6.07, 6.45) is 0. The molecule has 164 valence electrons. The van der Waals surface area contributed by atoms with Gasteiger partial charge in [-0.2, -0.15) is 0 Å². The Morgan fingerprint density at radius 3 is 0.963 bits per heavy atom. The molecule has 0 saturated heterocycles. The summed E-state index contributed by atoms with van der Waals surface area (Å²) in [5.74, 6) is 0.509. The van der Waals surface area contributed by atoms with E-state index in [1.807, 2.05) is 14.1 Å². The molecule has 0 atom stereocenters. The van der Waals surface area contributed by atoms with E-state index in [1.165, 1.54) is 0 Å². The Morgan fingerprint density at radius 1 is 0.444 bits per heavy atom. The lowest BCUT2D eigenvalue weighted by molar-refractivity contribution is -0.0203. The molecule has 0 heterocycles. The molecule has 0 aromatic heterocycles. The van der Waals surface area contributed by atoms with Gasteiger partial charge in [-0.05, 0) is 14.1 Å². The first-order valence-corrected chi connectivity index (χ1v) is 10.1. The molecule has 0 unspecified atom stereocenters. The zero-order valence-electron chi connectivity index (χ0n) is 17.0. The van der Waals surface area contributed by atoms with E-state index < -0.39 is 0 Å². The van der Waals surface area contributed by atoms with Crippen LogP contribution in [0.25, 0.3) is 0 Å². The fourth-order valence-corrected chi connectivity index (χ4v) is 1.83. The first-order chi connectivity index (χ1) is 13.3. The highest BCUT2D eigenvalue weighted by Gasteiger charge is 1.95. The molecule has 0 aliphatic rings. The number of nitrogens with zero attached hydrogens (tertiary/aromatic N) is 1. The van der Waals surface area contributed by atoms with Gasteiger partial charge in [0.2, 0.25) is 0 Å². The molecule has 0 aromatic rings. The number of likely N-dealkylation sites (N-methyl/N-ethyl adjacent to an activating group) is 1. The van der Waals surface area contributed by atoms with E-state index in [-0.39, 0.29) is 0 Å². The molecule has 0 rings (SSSR count). The molecule has 9 heteroatoms. The molecule has 8 nitrogen and oxygen atoms in total. The number of rotatable bonds is 23. The largest absolute Gasteiger partial charge is 0.378 e. The summed E-state index contributed by atoms with van der Waals surface area (Å²) in [4.78, 5) is 2.08. The average Bonchev–Trinajstić information content (AvgIpc) is 2.65. The summed E-state index contributed by atoms with van der Waals surface area (Å²) in [6, 6.07) is 0. The zero-order chi connectivity index (χ0) is 19.8. The minimum Gasteiger partial charge on any atom is -0.378 e. The van der Waals surface area contributed by atoms with Crippen LogP contribution in [0.1, 0.15) is 0 Å². The minimum absolute atomic E-state index is 0.509. The second kappa shape index (κ2) is 24.0. The Balaban J connectivity index is 2.97. The highest BCUT2D eigenvalue weighted by molar-refractivity contribution is 6.17. The van der Waals surface area contributed by atoms with Gasteiger partial charge in [0.25, 0.3) is 0 Å². The van der Waals surface area contributed by atoms with E-state index in [1.54, 1.807) is 0 Å². The Bertz CT molecular complexity index is 276. The summed E-state index contributed by atoms with van der Waals surface area (Å²) in [5, 5.41) is 0. The molecule has 0 aliphatic heterocycles. The van der Waals surface area contributed by atoms with Crippen molar-refractivity contribution in [2.24, 2.45) is 0 Å². The van der Waals surface area contributed by atoms with Crippen molar-refractivity contribution in [1.82, 2.24) is 4.90 Å². The van der Waals surface area contributed by atoms with E-state index >= 15 is 0 Å². The second-order valence-electron chi connectivity index (χ2n) is 5.78. The predicted octanol–water partition coefficient (Wildman–Crippen LogP) is 0.903. The first-order valence-electron chi connectivity index (χ1n) is 9.52. The van der Waals surface area contributed by atoms with Crippen LogP contribution in [0.5, 0.6) is 0 Å². The van der Waals surface area contributed by atoms with Crippen molar-refractivity contribution >= 4 is 11.6 Å². The number of alkyl halides is 1. The molecule has 0 amide bonds. The van der Waals surface area contributed by atoms with Crippen LogP contribution in [-0.2, 0) is 33.2 Å². The molecule has 0 spiro atoms. The second-order valence-corrected chi connectivity index (χ2v) is 6.16. The third-order valence-corrected chi connectivity index (χ3v) is 3.29. The first kappa shape index (κ1) is 27.0. The number of hydrogen-bond acceptors (Lipinski definition) is 8. The van der Waals surface area contributed by atoms with Crippen LogP contribution in [0.2, 0.25) is 0 Å². The van der Waals surface area contributed by atoms with Gasteiger partial charge >= 0.3 is 0 Å². The van der Waals surface area contributed by atoms with E-state index in [0.717, 1.165) is 13.2 Å². The van der Waals surface area contributed by atoms with Gasteiger partial charge in [-0.1, -0.05) is 0 Å². The number of halogens is 1.